The number of Topliss-reactive ketones (excluding diaryl/α,β-unsaturated/α-hetero) is 1. The third-order valence-corrected chi connectivity index (χ3v) is 6.25. The number of ketones is 1. The number of benzene rings is 3. The molecular weight excluding hydrogens is 410 g/mol. The van der Waals surface area contributed by atoms with Crippen molar-refractivity contribution in [3.8, 4) is 0 Å². The molecule has 3 aromatic rings. The molecule has 0 saturated carbocycles. The molecule has 4 rings (SSSR count). The largest absolute Gasteiger partial charge is 0.503 e. The lowest BCUT2D eigenvalue weighted by Gasteiger charge is -2.30. The van der Waals surface area contributed by atoms with E-state index in [-0.39, 0.29) is 16.8 Å². The molecule has 0 aliphatic carbocycles. The van der Waals surface area contributed by atoms with E-state index in [0.717, 1.165) is 21.9 Å². The molecule has 0 bridgehead atoms. The Hall–Kier alpha value is -3.40. The summed E-state index contributed by atoms with van der Waals surface area (Å²) in [5, 5.41) is 12.9. The minimum Gasteiger partial charge on any atom is -0.503 e. The third kappa shape index (κ3) is 3.95. The minimum atomic E-state index is -0.748. The fraction of sp³-hybridized carbons (Fsp3) is 0.310. The number of rotatable bonds is 3. The van der Waals surface area contributed by atoms with E-state index in [4.69, 9.17) is 0 Å². The number of hydrogen-bond acceptors (Lipinski definition) is 3. The SMILES string of the molecule is CC(C)(C)C(=O)C1=C(O)C(=O)N(c2cccc3ccccc23)C1c1ccc(C(C)(C)C)cc1. The van der Waals surface area contributed by atoms with Crippen LogP contribution in [0.5, 0.6) is 0 Å². The molecule has 1 aliphatic heterocycles. The maximum Gasteiger partial charge on any atom is 0.294 e. The molecule has 1 unspecified atom stereocenters. The number of carbonyl (C=O) groups is 2. The molecule has 1 N–H and O–H groups in total. The van der Waals surface area contributed by atoms with E-state index in [1.54, 1.807) is 25.7 Å². The van der Waals surface area contributed by atoms with Crippen LogP contribution >= 0.6 is 0 Å². The number of fused-ring (bicyclic) bond motifs is 1. The molecule has 4 nitrogen and oxygen atoms in total. The maximum atomic E-state index is 13.5. The van der Waals surface area contributed by atoms with Crippen molar-refractivity contribution in [1.82, 2.24) is 0 Å². The topological polar surface area (TPSA) is 57.6 Å². The molecule has 4 heteroatoms. The van der Waals surface area contributed by atoms with Crippen LogP contribution in [0.1, 0.15) is 58.7 Å². The predicted octanol–water partition coefficient (Wildman–Crippen LogP) is 6.65. The lowest BCUT2D eigenvalue weighted by Crippen LogP contribution is -2.33. The van der Waals surface area contributed by atoms with Crippen LogP contribution in [-0.2, 0) is 15.0 Å². The average Bonchev–Trinajstić information content (AvgIpc) is 3.02. The molecule has 0 radical (unpaired) electrons. The molecule has 1 heterocycles. The molecule has 1 atom stereocenters. The van der Waals surface area contributed by atoms with Crippen LogP contribution in [0.2, 0.25) is 0 Å². The lowest BCUT2D eigenvalue weighted by molar-refractivity contribution is -0.123. The number of nitrogens with zero attached hydrogens (tertiary/aromatic N) is 1. The molecule has 1 amide bonds. The van der Waals surface area contributed by atoms with Crippen LogP contribution in [0, 0.1) is 5.41 Å². The van der Waals surface area contributed by atoms with Crippen molar-refractivity contribution in [2.24, 2.45) is 5.41 Å². The molecule has 0 saturated heterocycles. The van der Waals surface area contributed by atoms with Crippen LogP contribution in [0.15, 0.2) is 78.1 Å². The van der Waals surface area contributed by atoms with E-state index in [2.05, 4.69) is 20.8 Å². The Bertz CT molecular complexity index is 1270. The Balaban J connectivity index is 1.94. The van der Waals surface area contributed by atoms with E-state index < -0.39 is 23.1 Å². The predicted molar refractivity (Wildman–Crippen MR) is 133 cm³/mol. The highest BCUT2D eigenvalue weighted by molar-refractivity contribution is 6.19. The highest BCUT2D eigenvalue weighted by atomic mass is 16.3. The molecule has 0 aromatic heterocycles. The summed E-state index contributed by atoms with van der Waals surface area (Å²) in [6.07, 6.45) is 0. The van der Waals surface area contributed by atoms with Crippen molar-refractivity contribution in [1.29, 1.82) is 0 Å². The summed E-state index contributed by atoms with van der Waals surface area (Å²) in [5.74, 6) is -1.25. The van der Waals surface area contributed by atoms with Gasteiger partial charge in [-0.15, -0.1) is 0 Å². The smallest absolute Gasteiger partial charge is 0.294 e. The van der Waals surface area contributed by atoms with E-state index >= 15 is 0 Å². The Kier molecular flexibility index (Phi) is 5.44. The van der Waals surface area contributed by atoms with Crippen LogP contribution in [0.25, 0.3) is 10.8 Å². The first kappa shape index (κ1) is 22.8. The number of aliphatic hydroxyl groups is 1. The van der Waals surface area contributed by atoms with Crippen molar-refractivity contribution >= 4 is 28.2 Å². The van der Waals surface area contributed by atoms with Gasteiger partial charge in [0.1, 0.15) is 0 Å². The molecule has 33 heavy (non-hydrogen) atoms. The average molecular weight is 442 g/mol. The summed E-state index contributed by atoms with van der Waals surface area (Å²) < 4.78 is 0. The first-order valence-electron chi connectivity index (χ1n) is 11.3. The Morgan fingerprint density at radius 1 is 0.848 bits per heavy atom. The van der Waals surface area contributed by atoms with Gasteiger partial charge in [-0.3, -0.25) is 14.5 Å². The molecule has 1 aliphatic rings. The lowest BCUT2D eigenvalue weighted by atomic mass is 9.81. The van der Waals surface area contributed by atoms with Crippen LogP contribution in [0.4, 0.5) is 5.69 Å². The zero-order chi connectivity index (χ0) is 24.1. The van der Waals surface area contributed by atoms with Crippen molar-refractivity contribution in [2.75, 3.05) is 4.90 Å². The van der Waals surface area contributed by atoms with Crippen molar-refractivity contribution < 1.29 is 14.7 Å². The first-order chi connectivity index (χ1) is 15.4. The summed E-state index contributed by atoms with van der Waals surface area (Å²) in [5.41, 5.74) is 2.00. The van der Waals surface area contributed by atoms with Gasteiger partial charge in [0.25, 0.3) is 5.91 Å². The van der Waals surface area contributed by atoms with Crippen molar-refractivity contribution in [3.05, 3.63) is 89.2 Å². The third-order valence-electron chi connectivity index (χ3n) is 6.25. The van der Waals surface area contributed by atoms with Crippen LogP contribution < -0.4 is 4.90 Å². The van der Waals surface area contributed by atoms with Gasteiger partial charge in [-0.05, 0) is 28.0 Å². The van der Waals surface area contributed by atoms with Gasteiger partial charge in [0.2, 0.25) is 0 Å². The number of anilines is 1. The Labute approximate surface area is 195 Å². The number of amides is 1. The van der Waals surface area contributed by atoms with E-state index in [9.17, 15) is 14.7 Å². The maximum absolute atomic E-state index is 13.5. The Morgan fingerprint density at radius 3 is 2.06 bits per heavy atom. The second kappa shape index (κ2) is 7.87. The normalized spacial score (nSPS) is 17.2. The molecular formula is C29H31NO3. The van der Waals surface area contributed by atoms with Gasteiger partial charge >= 0.3 is 0 Å². The zero-order valence-corrected chi connectivity index (χ0v) is 20.1. The number of aliphatic hydroxyl groups excluding tert-OH is 1. The van der Waals surface area contributed by atoms with Crippen molar-refractivity contribution in [2.45, 2.75) is 53.0 Å². The second-order valence-corrected chi connectivity index (χ2v) is 10.8. The first-order valence-corrected chi connectivity index (χ1v) is 11.3. The van der Waals surface area contributed by atoms with Gasteiger partial charge in [0.05, 0.1) is 17.3 Å². The van der Waals surface area contributed by atoms with Crippen molar-refractivity contribution in [3.63, 3.8) is 0 Å². The molecule has 170 valence electrons. The molecule has 0 fully saturated rings. The highest BCUT2D eigenvalue weighted by Crippen LogP contribution is 2.45. The Morgan fingerprint density at radius 2 is 1.45 bits per heavy atom. The van der Waals surface area contributed by atoms with E-state index in [1.807, 2.05) is 66.7 Å². The van der Waals surface area contributed by atoms with Gasteiger partial charge in [-0.25, -0.2) is 0 Å². The number of carbonyl (C=O) groups excluding carboxylic acids is 2. The van der Waals surface area contributed by atoms with Gasteiger partial charge in [0, 0.05) is 10.8 Å². The van der Waals surface area contributed by atoms with Crippen LogP contribution in [0.3, 0.4) is 0 Å². The fourth-order valence-electron chi connectivity index (χ4n) is 4.39. The van der Waals surface area contributed by atoms with Gasteiger partial charge in [-0.2, -0.15) is 0 Å². The highest BCUT2D eigenvalue weighted by Gasteiger charge is 2.47. The number of hydrogen-bond donors (Lipinski definition) is 1. The van der Waals surface area contributed by atoms with Gasteiger partial charge in [-0.1, -0.05) is 102 Å². The standard InChI is InChI=1S/C29H31NO3/c1-28(2,3)20-16-14-19(15-17-20)24-23(26(32)29(4,5)6)25(31)27(33)30(24)22-13-9-11-18-10-7-8-12-21(18)22/h7-17,24,31H,1-6H3. The zero-order valence-electron chi connectivity index (χ0n) is 20.1. The molecule has 3 aromatic carbocycles. The van der Waals surface area contributed by atoms with Gasteiger partial charge in [0.15, 0.2) is 11.5 Å². The molecule has 0 spiro atoms. The van der Waals surface area contributed by atoms with E-state index in [0.29, 0.717) is 5.69 Å². The van der Waals surface area contributed by atoms with Gasteiger partial charge < -0.3 is 5.11 Å². The second-order valence-electron chi connectivity index (χ2n) is 10.8. The monoisotopic (exact) mass is 441 g/mol. The van der Waals surface area contributed by atoms with Crippen LogP contribution in [-0.4, -0.2) is 16.8 Å². The van der Waals surface area contributed by atoms with E-state index in [1.165, 1.54) is 0 Å². The summed E-state index contributed by atoms with van der Waals surface area (Å²) in [7, 11) is 0. The quantitative estimate of drug-likeness (QED) is 0.495. The fourth-order valence-corrected chi connectivity index (χ4v) is 4.39. The summed E-state index contributed by atoms with van der Waals surface area (Å²) >= 11 is 0. The summed E-state index contributed by atoms with van der Waals surface area (Å²) in [6.45, 7) is 11.8. The minimum absolute atomic E-state index is 0.0264. The summed E-state index contributed by atoms with van der Waals surface area (Å²) in [4.78, 5) is 28.5. The summed E-state index contributed by atoms with van der Waals surface area (Å²) in [6, 6.07) is 20.9.